The summed E-state index contributed by atoms with van der Waals surface area (Å²) >= 11 is 0. The van der Waals surface area contributed by atoms with Gasteiger partial charge in [-0.1, -0.05) is 30.3 Å². The van der Waals surface area contributed by atoms with Crippen molar-refractivity contribution in [2.45, 2.75) is 18.9 Å². The van der Waals surface area contributed by atoms with Crippen LogP contribution in [-0.4, -0.2) is 14.7 Å². The number of rotatable bonds is 4. The Kier molecular flexibility index (Phi) is 2.80. The highest BCUT2D eigenvalue weighted by molar-refractivity contribution is 7.88. The lowest BCUT2D eigenvalue weighted by Gasteiger charge is -2.16. The molecule has 1 atom stereocenters. The van der Waals surface area contributed by atoms with Gasteiger partial charge in [-0.15, -0.1) is 0 Å². The predicted molar refractivity (Wildman–Crippen MR) is 59.9 cm³/mol. The third-order valence-electron chi connectivity index (χ3n) is 2.59. The third-order valence-corrected chi connectivity index (χ3v) is 3.28. The molecular weight excluding hydrogens is 210 g/mol. The van der Waals surface area contributed by atoms with Crippen molar-refractivity contribution in [3.05, 3.63) is 35.9 Å². The molecule has 0 heterocycles. The molecule has 1 fully saturated rings. The van der Waals surface area contributed by atoms with Gasteiger partial charge in [0.05, 0.1) is 6.26 Å². The molecule has 15 heavy (non-hydrogen) atoms. The first-order valence-corrected chi connectivity index (χ1v) is 6.97. The number of sulfonamides is 1. The second-order valence-corrected chi connectivity index (χ2v) is 5.90. The minimum Gasteiger partial charge on any atom is -0.213 e. The molecule has 0 aromatic heterocycles. The van der Waals surface area contributed by atoms with Gasteiger partial charge in [0.15, 0.2) is 0 Å². The molecule has 1 saturated carbocycles. The number of benzene rings is 1. The maximum Gasteiger partial charge on any atom is 0.209 e. The van der Waals surface area contributed by atoms with Crippen LogP contribution < -0.4 is 4.72 Å². The van der Waals surface area contributed by atoms with Gasteiger partial charge in [0.1, 0.15) is 0 Å². The van der Waals surface area contributed by atoms with Crippen molar-refractivity contribution in [2.24, 2.45) is 5.92 Å². The highest BCUT2D eigenvalue weighted by atomic mass is 32.2. The monoisotopic (exact) mass is 225 g/mol. The van der Waals surface area contributed by atoms with Gasteiger partial charge in [-0.2, -0.15) is 0 Å². The Bertz CT molecular complexity index is 423. The van der Waals surface area contributed by atoms with E-state index >= 15 is 0 Å². The maximum atomic E-state index is 11.2. The van der Waals surface area contributed by atoms with Crippen LogP contribution in [0.15, 0.2) is 30.3 Å². The van der Waals surface area contributed by atoms with E-state index in [0.29, 0.717) is 5.92 Å². The average Bonchev–Trinajstić information content (AvgIpc) is 2.97. The first kappa shape index (κ1) is 10.6. The molecule has 1 aliphatic rings. The Labute approximate surface area is 90.6 Å². The van der Waals surface area contributed by atoms with E-state index in [4.69, 9.17) is 0 Å². The first-order valence-electron chi connectivity index (χ1n) is 5.08. The van der Waals surface area contributed by atoms with Crippen molar-refractivity contribution in [3.8, 4) is 0 Å². The van der Waals surface area contributed by atoms with Crippen LogP contribution in [-0.2, 0) is 10.0 Å². The number of nitrogens with one attached hydrogen (secondary N) is 1. The average molecular weight is 225 g/mol. The zero-order valence-corrected chi connectivity index (χ0v) is 9.50. The topological polar surface area (TPSA) is 46.2 Å². The largest absolute Gasteiger partial charge is 0.213 e. The van der Waals surface area contributed by atoms with Gasteiger partial charge < -0.3 is 0 Å². The fraction of sp³-hybridized carbons (Fsp3) is 0.455. The molecule has 0 radical (unpaired) electrons. The molecule has 1 aliphatic carbocycles. The second kappa shape index (κ2) is 3.94. The Morgan fingerprint density at radius 1 is 1.27 bits per heavy atom. The van der Waals surface area contributed by atoms with Gasteiger partial charge in [0.2, 0.25) is 10.0 Å². The van der Waals surface area contributed by atoms with Crippen LogP contribution in [0, 0.1) is 5.92 Å². The van der Waals surface area contributed by atoms with Gasteiger partial charge in [0.25, 0.3) is 0 Å². The van der Waals surface area contributed by atoms with Gasteiger partial charge in [-0.25, -0.2) is 13.1 Å². The Morgan fingerprint density at radius 2 is 1.87 bits per heavy atom. The summed E-state index contributed by atoms with van der Waals surface area (Å²) in [6.45, 7) is 0. The smallest absolute Gasteiger partial charge is 0.209 e. The fourth-order valence-electron chi connectivity index (χ4n) is 1.76. The van der Waals surface area contributed by atoms with Crippen molar-refractivity contribution < 1.29 is 8.42 Å². The summed E-state index contributed by atoms with van der Waals surface area (Å²) < 4.78 is 25.2. The van der Waals surface area contributed by atoms with E-state index in [2.05, 4.69) is 4.72 Å². The minimum atomic E-state index is -3.13. The van der Waals surface area contributed by atoms with Crippen molar-refractivity contribution in [2.75, 3.05) is 6.26 Å². The summed E-state index contributed by atoms with van der Waals surface area (Å²) in [5.41, 5.74) is 1.06. The molecule has 1 N–H and O–H groups in total. The standard InChI is InChI=1S/C11H15NO2S/c1-15(13,14)12-11(10-7-8-10)9-5-3-2-4-6-9/h2-6,10-12H,7-8H2,1H3. The molecule has 0 saturated heterocycles. The van der Waals surface area contributed by atoms with Crippen LogP contribution in [0.3, 0.4) is 0 Å². The van der Waals surface area contributed by atoms with E-state index < -0.39 is 10.0 Å². The van der Waals surface area contributed by atoms with E-state index in [1.54, 1.807) is 0 Å². The van der Waals surface area contributed by atoms with Crippen molar-refractivity contribution in [1.29, 1.82) is 0 Å². The summed E-state index contributed by atoms with van der Waals surface area (Å²) in [6.07, 6.45) is 3.44. The third kappa shape index (κ3) is 3.04. The molecule has 2 rings (SSSR count). The normalized spacial score (nSPS) is 18.7. The van der Waals surface area contributed by atoms with Gasteiger partial charge >= 0.3 is 0 Å². The van der Waals surface area contributed by atoms with E-state index in [9.17, 15) is 8.42 Å². The lowest BCUT2D eigenvalue weighted by atomic mass is 10.0. The van der Waals surface area contributed by atoms with Gasteiger partial charge in [-0.3, -0.25) is 0 Å². The van der Waals surface area contributed by atoms with E-state index in [1.807, 2.05) is 30.3 Å². The lowest BCUT2D eigenvalue weighted by Crippen LogP contribution is -2.28. The Hall–Kier alpha value is -0.870. The molecule has 1 unspecified atom stereocenters. The van der Waals surface area contributed by atoms with Crippen LogP contribution in [0.25, 0.3) is 0 Å². The maximum absolute atomic E-state index is 11.2. The lowest BCUT2D eigenvalue weighted by molar-refractivity contribution is 0.533. The molecule has 1 aromatic carbocycles. The zero-order valence-electron chi connectivity index (χ0n) is 8.68. The zero-order chi connectivity index (χ0) is 10.9. The molecule has 0 amide bonds. The molecule has 0 spiro atoms. The molecule has 1 aromatic rings. The molecule has 0 bridgehead atoms. The molecule has 4 heteroatoms. The highest BCUT2D eigenvalue weighted by Crippen LogP contribution is 2.41. The Balaban J connectivity index is 2.21. The first-order chi connectivity index (χ1) is 7.06. The Morgan fingerprint density at radius 3 is 2.33 bits per heavy atom. The highest BCUT2D eigenvalue weighted by Gasteiger charge is 2.33. The van der Waals surface area contributed by atoms with Crippen LogP contribution in [0.4, 0.5) is 0 Å². The SMILES string of the molecule is CS(=O)(=O)NC(c1ccccc1)C1CC1. The molecule has 0 aliphatic heterocycles. The molecular formula is C11H15NO2S. The van der Waals surface area contributed by atoms with E-state index in [0.717, 1.165) is 18.4 Å². The summed E-state index contributed by atoms with van der Waals surface area (Å²) in [5, 5.41) is 0. The van der Waals surface area contributed by atoms with Crippen LogP contribution in [0.5, 0.6) is 0 Å². The van der Waals surface area contributed by atoms with Crippen LogP contribution in [0.2, 0.25) is 0 Å². The van der Waals surface area contributed by atoms with E-state index in [-0.39, 0.29) is 6.04 Å². The van der Waals surface area contributed by atoms with Crippen molar-refractivity contribution >= 4 is 10.0 Å². The van der Waals surface area contributed by atoms with Crippen molar-refractivity contribution in [3.63, 3.8) is 0 Å². The summed E-state index contributed by atoms with van der Waals surface area (Å²) in [6, 6.07) is 9.72. The van der Waals surface area contributed by atoms with Crippen LogP contribution >= 0.6 is 0 Å². The minimum absolute atomic E-state index is 0.0406. The van der Waals surface area contributed by atoms with Crippen molar-refractivity contribution in [1.82, 2.24) is 4.72 Å². The summed E-state index contributed by atoms with van der Waals surface area (Å²) in [4.78, 5) is 0. The predicted octanol–water partition coefficient (Wildman–Crippen LogP) is 1.69. The summed E-state index contributed by atoms with van der Waals surface area (Å²) in [7, 11) is -3.13. The number of hydrogen-bond acceptors (Lipinski definition) is 2. The fourth-order valence-corrected chi connectivity index (χ4v) is 2.55. The summed E-state index contributed by atoms with van der Waals surface area (Å²) in [5.74, 6) is 0.474. The van der Waals surface area contributed by atoms with Gasteiger partial charge in [0, 0.05) is 6.04 Å². The second-order valence-electron chi connectivity index (χ2n) is 4.12. The van der Waals surface area contributed by atoms with E-state index in [1.165, 1.54) is 6.26 Å². The quantitative estimate of drug-likeness (QED) is 0.847. The number of hydrogen-bond donors (Lipinski definition) is 1. The van der Waals surface area contributed by atoms with Crippen LogP contribution in [0.1, 0.15) is 24.4 Å². The molecule has 82 valence electrons. The molecule has 3 nitrogen and oxygen atoms in total. The van der Waals surface area contributed by atoms with Gasteiger partial charge in [-0.05, 0) is 24.3 Å².